The van der Waals surface area contributed by atoms with Crippen LogP contribution in [0.1, 0.15) is 10.4 Å². The fraction of sp³-hybridized carbons (Fsp3) is 0. The second kappa shape index (κ2) is 14.7. The van der Waals surface area contributed by atoms with Crippen LogP contribution in [0.2, 0.25) is 0 Å². The van der Waals surface area contributed by atoms with Crippen LogP contribution in [0.25, 0.3) is 21.9 Å². The van der Waals surface area contributed by atoms with Gasteiger partial charge in [0.15, 0.2) is 5.75 Å². The second-order valence-corrected chi connectivity index (χ2v) is 14.3. The molecule has 6 rings (SSSR count). The molecule has 18 nitrogen and oxygen atoms in total. The minimum absolute atomic E-state index is 0.00823. The SMILES string of the molecule is Nc1cc(O)ccc1N=Nc1ccc(-c2ccc(N=Nc3c(S(=O)(=O)O)cc4cc(S(=O)(=O)O)c(N=Nc5ccc(C(=O)O)cc5)c(O)c4c3N)cc2)cc1. The van der Waals surface area contributed by atoms with Gasteiger partial charge in [-0.15, -0.1) is 15.3 Å². The van der Waals surface area contributed by atoms with Gasteiger partial charge in [0, 0.05) is 6.07 Å². The van der Waals surface area contributed by atoms with E-state index < -0.39 is 58.8 Å². The smallest absolute Gasteiger partial charge is 0.335 e. The van der Waals surface area contributed by atoms with Crippen molar-refractivity contribution in [1.29, 1.82) is 0 Å². The van der Waals surface area contributed by atoms with Crippen molar-refractivity contribution in [2.24, 2.45) is 30.7 Å². The molecule has 20 heteroatoms. The van der Waals surface area contributed by atoms with Crippen LogP contribution < -0.4 is 11.5 Å². The van der Waals surface area contributed by atoms with Crippen molar-refractivity contribution < 1.29 is 46.1 Å². The molecule has 0 aliphatic heterocycles. The Morgan fingerprint density at radius 3 is 1.49 bits per heavy atom. The van der Waals surface area contributed by atoms with Crippen molar-refractivity contribution in [1.82, 2.24) is 0 Å². The van der Waals surface area contributed by atoms with E-state index >= 15 is 0 Å². The van der Waals surface area contributed by atoms with Gasteiger partial charge in [-0.2, -0.15) is 32.2 Å². The summed E-state index contributed by atoms with van der Waals surface area (Å²) in [7, 11) is -10.2. The fourth-order valence-electron chi connectivity index (χ4n) is 5.18. The van der Waals surface area contributed by atoms with Gasteiger partial charge in [-0.3, -0.25) is 9.11 Å². The summed E-state index contributed by atoms with van der Waals surface area (Å²) in [6.07, 6.45) is 0. The molecule has 0 spiro atoms. The van der Waals surface area contributed by atoms with E-state index in [0.29, 0.717) is 11.4 Å². The van der Waals surface area contributed by atoms with Crippen LogP contribution in [0.5, 0.6) is 11.5 Å². The summed E-state index contributed by atoms with van der Waals surface area (Å²) < 4.78 is 69.5. The lowest BCUT2D eigenvalue weighted by Gasteiger charge is -2.14. The van der Waals surface area contributed by atoms with Gasteiger partial charge in [-0.05, 0) is 89.3 Å². The number of hydrogen-bond donors (Lipinski definition) is 7. The number of nitrogens with zero attached hydrogens (tertiary/aromatic N) is 6. The third-order valence-electron chi connectivity index (χ3n) is 7.87. The number of phenolic OH excluding ortho intramolecular Hbond substituents is 2. The van der Waals surface area contributed by atoms with Crippen molar-refractivity contribution in [2.45, 2.75) is 9.79 Å². The Morgan fingerprint density at radius 2 is 1.02 bits per heavy atom. The predicted octanol–water partition coefficient (Wildman–Crippen LogP) is 8.52. The van der Waals surface area contributed by atoms with Crippen LogP contribution in [0.4, 0.5) is 45.5 Å². The van der Waals surface area contributed by atoms with E-state index in [1.165, 1.54) is 42.5 Å². The van der Waals surface area contributed by atoms with Crippen molar-refractivity contribution in [3.8, 4) is 22.6 Å². The zero-order valence-corrected chi connectivity index (χ0v) is 29.4. The lowest BCUT2D eigenvalue weighted by atomic mass is 10.0. The number of carboxylic acids is 1. The monoisotopic (exact) mass is 782 g/mol. The summed E-state index contributed by atoms with van der Waals surface area (Å²) in [4.78, 5) is 9.27. The van der Waals surface area contributed by atoms with Gasteiger partial charge in [-0.1, -0.05) is 24.3 Å². The number of fused-ring (bicyclic) bond motifs is 1. The van der Waals surface area contributed by atoms with E-state index in [-0.39, 0.29) is 39.1 Å². The number of carboxylic acid groups (broad SMARTS) is 1. The summed E-state index contributed by atoms with van der Waals surface area (Å²) in [6, 6.07) is 24.3. The highest BCUT2D eigenvalue weighted by Gasteiger charge is 2.28. The summed E-state index contributed by atoms with van der Waals surface area (Å²) in [5.41, 5.74) is 13.1. The van der Waals surface area contributed by atoms with Crippen LogP contribution in [0.15, 0.2) is 144 Å². The molecule has 6 aromatic rings. The molecule has 0 atom stereocenters. The first-order chi connectivity index (χ1) is 26.0. The number of carbonyl (C=O) groups is 1. The molecule has 0 saturated carbocycles. The molecule has 55 heavy (non-hydrogen) atoms. The molecule has 0 aromatic heterocycles. The molecular formula is C35H26N8O10S2. The molecule has 0 aliphatic carbocycles. The number of hydrogen-bond acceptors (Lipinski definition) is 15. The van der Waals surface area contributed by atoms with E-state index in [1.54, 1.807) is 48.5 Å². The van der Waals surface area contributed by atoms with Crippen LogP contribution in [-0.2, 0) is 20.2 Å². The maximum Gasteiger partial charge on any atom is 0.335 e. The molecule has 0 bridgehead atoms. The Kier molecular flexibility index (Phi) is 10.1. The first kappa shape index (κ1) is 37.6. The lowest BCUT2D eigenvalue weighted by molar-refractivity contribution is 0.0696. The molecule has 0 amide bonds. The third kappa shape index (κ3) is 8.26. The highest BCUT2D eigenvalue weighted by Crippen LogP contribution is 2.48. The largest absolute Gasteiger partial charge is 0.508 e. The highest BCUT2D eigenvalue weighted by atomic mass is 32.2. The number of aromatic carboxylic acids is 1. The van der Waals surface area contributed by atoms with Gasteiger partial charge in [0.05, 0.1) is 39.4 Å². The maximum absolute atomic E-state index is 12.5. The number of benzene rings is 6. The average Bonchev–Trinajstić information content (AvgIpc) is 3.13. The molecule has 0 fully saturated rings. The van der Waals surface area contributed by atoms with Crippen molar-refractivity contribution >= 4 is 82.5 Å². The number of anilines is 2. The quantitative estimate of drug-likeness (QED) is 0.0390. The molecule has 9 N–H and O–H groups in total. The maximum atomic E-state index is 12.5. The molecule has 0 aliphatic rings. The number of nitrogen functional groups attached to an aromatic ring is 2. The fourth-order valence-corrected chi connectivity index (χ4v) is 6.50. The summed E-state index contributed by atoms with van der Waals surface area (Å²) in [6.45, 7) is 0. The van der Waals surface area contributed by atoms with Gasteiger partial charge < -0.3 is 26.8 Å². The molecule has 0 heterocycles. The van der Waals surface area contributed by atoms with Gasteiger partial charge in [0.25, 0.3) is 20.2 Å². The number of rotatable bonds is 10. The normalized spacial score (nSPS) is 12.3. The molecular weight excluding hydrogens is 757 g/mol. The van der Waals surface area contributed by atoms with Crippen molar-refractivity contribution in [3.05, 3.63) is 109 Å². The molecule has 0 radical (unpaired) electrons. The number of nitrogens with two attached hydrogens (primary N) is 2. The van der Waals surface area contributed by atoms with Crippen molar-refractivity contribution in [3.63, 3.8) is 0 Å². The van der Waals surface area contributed by atoms with E-state index in [9.17, 15) is 40.9 Å². The van der Waals surface area contributed by atoms with E-state index in [0.717, 1.165) is 23.3 Å². The first-order valence-electron chi connectivity index (χ1n) is 15.4. The standard InChI is InChI=1S/C35H26N8O10S2/c36-26-17-25(44)13-14-27(26)41-38-22-7-1-18(2-8-22)19-3-9-23(10-4-19)39-42-32-28(54(48,49)50)15-21-16-29(55(51,52)53)33(34(45)30(21)31(32)37)43-40-24-11-5-20(6-12-24)35(46)47/h1-17,44-45H,36-37H2,(H,46,47)(H,48,49,50)(H,51,52,53). The minimum atomic E-state index is -5.14. The van der Waals surface area contributed by atoms with Crippen LogP contribution in [0, 0.1) is 0 Å². The first-order valence-corrected chi connectivity index (χ1v) is 18.3. The molecule has 6 aromatic carbocycles. The Hall–Kier alpha value is -7.13. The zero-order valence-electron chi connectivity index (χ0n) is 27.7. The zero-order chi connectivity index (χ0) is 39.7. The summed E-state index contributed by atoms with van der Waals surface area (Å²) >= 11 is 0. The number of phenols is 2. The molecule has 0 saturated heterocycles. The minimum Gasteiger partial charge on any atom is -0.508 e. The lowest BCUT2D eigenvalue weighted by Crippen LogP contribution is -2.03. The van der Waals surface area contributed by atoms with E-state index in [4.69, 9.17) is 16.6 Å². The Balaban J connectivity index is 1.33. The van der Waals surface area contributed by atoms with Gasteiger partial charge in [0.2, 0.25) is 0 Å². The van der Waals surface area contributed by atoms with E-state index in [1.807, 2.05) is 0 Å². The van der Waals surface area contributed by atoms with Gasteiger partial charge in [-0.25, -0.2) is 4.79 Å². The summed E-state index contributed by atoms with van der Waals surface area (Å²) in [5.74, 6) is -2.15. The number of aromatic hydroxyl groups is 2. The van der Waals surface area contributed by atoms with Gasteiger partial charge >= 0.3 is 5.97 Å². The van der Waals surface area contributed by atoms with Crippen LogP contribution >= 0.6 is 0 Å². The predicted molar refractivity (Wildman–Crippen MR) is 200 cm³/mol. The molecule has 278 valence electrons. The summed E-state index contributed by atoms with van der Waals surface area (Å²) in [5, 5.41) is 53.0. The third-order valence-corrected chi connectivity index (χ3v) is 9.60. The topological polar surface area (TPSA) is 313 Å². The number of azo groups is 3. The Morgan fingerprint density at radius 1 is 0.564 bits per heavy atom. The second-order valence-electron chi connectivity index (χ2n) is 11.5. The average molecular weight is 783 g/mol. The van der Waals surface area contributed by atoms with Crippen LogP contribution in [-0.4, -0.2) is 47.2 Å². The Labute approximate surface area is 311 Å². The highest BCUT2D eigenvalue weighted by molar-refractivity contribution is 7.86. The van der Waals surface area contributed by atoms with E-state index in [2.05, 4.69) is 30.7 Å². The van der Waals surface area contributed by atoms with Gasteiger partial charge in [0.1, 0.15) is 32.6 Å². The van der Waals surface area contributed by atoms with Crippen LogP contribution in [0.3, 0.4) is 0 Å². The Bertz CT molecular complexity index is 2810. The molecule has 0 unspecified atom stereocenters. The van der Waals surface area contributed by atoms with Crippen molar-refractivity contribution in [2.75, 3.05) is 11.5 Å².